The van der Waals surface area contributed by atoms with Crippen LogP contribution in [0.15, 0.2) is 46.2 Å². The van der Waals surface area contributed by atoms with E-state index in [0.29, 0.717) is 5.89 Å². The second-order valence-corrected chi connectivity index (χ2v) is 7.44. The summed E-state index contributed by atoms with van der Waals surface area (Å²) in [5, 5.41) is 10.5. The average Bonchev–Trinajstić information content (AvgIpc) is 3.39. The third-order valence-electron chi connectivity index (χ3n) is 4.98. The molecule has 0 spiro atoms. The first-order valence-corrected chi connectivity index (χ1v) is 9.73. The Morgan fingerprint density at radius 3 is 2.77 bits per heavy atom. The highest BCUT2D eigenvalue weighted by Crippen LogP contribution is 2.24. The van der Waals surface area contributed by atoms with Gasteiger partial charge in [-0.05, 0) is 30.5 Å². The maximum absolute atomic E-state index is 5.92. The van der Waals surface area contributed by atoms with E-state index in [4.69, 9.17) is 9.15 Å². The number of anilines is 1. The zero-order valence-corrected chi connectivity index (χ0v) is 15.8. The van der Waals surface area contributed by atoms with Crippen molar-refractivity contribution >= 4 is 17.0 Å². The van der Waals surface area contributed by atoms with Crippen LogP contribution in [0.1, 0.15) is 18.9 Å². The number of benzene rings is 1. The largest absolute Gasteiger partial charge is 0.497 e. The molecule has 1 saturated heterocycles. The van der Waals surface area contributed by atoms with Crippen molar-refractivity contribution in [2.45, 2.75) is 13.0 Å². The van der Waals surface area contributed by atoms with E-state index in [1.165, 1.54) is 10.6 Å². The van der Waals surface area contributed by atoms with Gasteiger partial charge in [-0.3, -0.25) is 0 Å². The monoisotopic (exact) mass is 371 g/mol. The number of nitrogens with zero attached hydrogens (tertiary/aromatic N) is 3. The molecule has 0 amide bonds. The van der Waals surface area contributed by atoms with Crippen LogP contribution in [-0.4, -0.2) is 43.5 Å². The number of hydrogen-bond acceptors (Lipinski definition) is 6. The fourth-order valence-electron chi connectivity index (χ4n) is 3.38. The van der Waals surface area contributed by atoms with Crippen molar-refractivity contribution in [3.05, 3.63) is 47.7 Å². The Balaban J connectivity index is 1.39. The van der Waals surface area contributed by atoms with Crippen LogP contribution in [-0.2, 0) is 0 Å². The van der Waals surface area contributed by atoms with E-state index < -0.39 is 0 Å². The van der Waals surface area contributed by atoms with Crippen molar-refractivity contribution in [3.8, 4) is 16.5 Å². The maximum atomic E-state index is 5.92. The van der Waals surface area contributed by atoms with E-state index in [2.05, 4.69) is 34.2 Å². The van der Waals surface area contributed by atoms with Crippen LogP contribution in [0.3, 0.4) is 0 Å². The summed E-state index contributed by atoms with van der Waals surface area (Å²) < 4.78 is 11.3. The third-order valence-corrected chi connectivity index (χ3v) is 5.84. The predicted octanol–water partition coefficient (Wildman–Crippen LogP) is 2.27. The Bertz CT molecular complexity index is 841. The molecule has 6 nitrogen and oxygen atoms in total. The summed E-state index contributed by atoms with van der Waals surface area (Å²) in [6.07, 6.45) is 0. The van der Waals surface area contributed by atoms with E-state index >= 15 is 0 Å². The second-order valence-electron chi connectivity index (χ2n) is 6.49. The van der Waals surface area contributed by atoms with Crippen molar-refractivity contribution in [2.75, 3.05) is 38.2 Å². The molecule has 0 radical (unpaired) electrons. The molecule has 136 valence electrons. The van der Waals surface area contributed by atoms with Crippen molar-refractivity contribution in [1.29, 1.82) is 0 Å². The molecule has 0 bridgehead atoms. The highest BCUT2D eigenvalue weighted by molar-refractivity contribution is 7.13. The molecule has 1 N–H and O–H groups in total. The van der Waals surface area contributed by atoms with Gasteiger partial charge in [0, 0.05) is 11.8 Å². The number of thiophene rings is 1. The fraction of sp³-hybridized carbons (Fsp3) is 0.368. The molecule has 0 aliphatic carbocycles. The summed E-state index contributed by atoms with van der Waals surface area (Å²) in [5.41, 5.74) is 1.22. The molecule has 3 heterocycles. The van der Waals surface area contributed by atoms with Gasteiger partial charge in [-0.1, -0.05) is 12.1 Å². The van der Waals surface area contributed by atoms with Crippen molar-refractivity contribution in [3.63, 3.8) is 0 Å². The molecule has 0 saturated carbocycles. The number of aromatic nitrogens is 2. The first-order chi connectivity index (χ1) is 12.7. The number of piperazine rings is 1. The Labute approximate surface area is 157 Å². The van der Waals surface area contributed by atoms with Crippen LogP contribution in [0.5, 0.6) is 5.75 Å². The summed E-state index contributed by atoms with van der Waals surface area (Å²) in [5.74, 6) is 2.24. The molecule has 1 atom stereocenters. The van der Waals surface area contributed by atoms with E-state index in [1.807, 2.05) is 29.6 Å². The smallest absolute Gasteiger partial charge is 0.274 e. The molecular weight excluding hydrogens is 348 g/mol. The van der Waals surface area contributed by atoms with E-state index in [9.17, 15) is 0 Å². The Kier molecular flexibility index (Phi) is 4.90. The van der Waals surface area contributed by atoms with Gasteiger partial charge < -0.3 is 19.0 Å². The number of rotatable bonds is 5. The maximum Gasteiger partial charge on any atom is 0.274 e. The van der Waals surface area contributed by atoms with Crippen molar-refractivity contribution in [2.24, 2.45) is 0 Å². The number of ether oxygens (including phenoxy) is 1. The summed E-state index contributed by atoms with van der Waals surface area (Å²) in [4.78, 5) is 4.91. The Hall–Kier alpha value is -2.38. The lowest BCUT2D eigenvalue weighted by Gasteiger charge is -2.35. The molecule has 26 heavy (non-hydrogen) atoms. The standard InChI is InChI=1S/C19H22N4O2S/c1-14(18-20-21-19(25-18)17-7-4-12-26-17)22-8-10-23(11-9-22)15-5-3-6-16(13-15)24-2/h3-7,12-14H,8-11H2,1-2H3/p+1/t14-/m0/s1. The topological polar surface area (TPSA) is 55.8 Å². The van der Waals surface area contributed by atoms with Gasteiger partial charge >= 0.3 is 0 Å². The lowest BCUT2D eigenvalue weighted by molar-refractivity contribution is -0.931. The Morgan fingerprint density at radius 2 is 2.04 bits per heavy atom. The minimum Gasteiger partial charge on any atom is -0.497 e. The zero-order valence-electron chi connectivity index (χ0n) is 15.0. The predicted molar refractivity (Wildman–Crippen MR) is 102 cm³/mol. The van der Waals surface area contributed by atoms with E-state index in [-0.39, 0.29) is 6.04 Å². The van der Waals surface area contributed by atoms with Gasteiger partial charge in [-0.15, -0.1) is 21.5 Å². The van der Waals surface area contributed by atoms with Crippen molar-refractivity contribution in [1.82, 2.24) is 10.2 Å². The minimum absolute atomic E-state index is 0.198. The van der Waals surface area contributed by atoms with Gasteiger partial charge in [0.2, 0.25) is 0 Å². The zero-order chi connectivity index (χ0) is 17.9. The molecular formula is C19H23N4O2S+. The third kappa shape index (κ3) is 3.45. The summed E-state index contributed by atoms with van der Waals surface area (Å²) >= 11 is 1.62. The second kappa shape index (κ2) is 7.47. The number of methoxy groups -OCH3 is 1. The number of nitrogens with one attached hydrogen (secondary N) is 1. The minimum atomic E-state index is 0.198. The first kappa shape index (κ1) is 17.1. The molecule has 0 unspecified atom stereocenters. The molecule has 1 aromatic carbocycles. The van der Waals surface area contributed by atoms with E-state index in [0.717, 1.165) is 42.7 Å². The van der Waals surface area contributed by atoms with Gasteiger partial charge in [0.05, 0.1) is 38.2 Å². The number of quaternary nitrogens is 1. The normalized spacial score (nSPS) is 16.6. The van der Waals surface area contributed by atoms with Crippen LogP contribution < -0.4 is 14.5 Å². The molecule has 4 rings (SSSR count). The lowest BCUT2D eigenvalue weighted by Crippen LogP contribution is -3.14. The lowest BCUT2D eigenvalue weighted by atomic mass is 10.2. The molecule has 7 heteroatoms. The van der Waals surface area contributed by atoms with Crippen LogP contribution in [0.4, 0.5) is 5.69 Å². The molecule has 1 fully saturated rings. The highest BCUT2D eigenvalue weighted by atomic mass is 32.1. The average molecular weight is 371 g/mol. The van der Waals surface area contributed by atoms with Gasteiger partial charge in [0.25, 0.3) is 11.8 Å². The van der Waals surface area contributed by atoms with Crippen LogP contribution in [0.2, 0.25) is 0 Å². The fourth-order valence-corrected chi connectivity index (χ4v) is 4.02. The van der Waals surface area contributed by atoms with Gasteiger partial charge in [-0.2, -0.15) is 0 Å². The number of hydrogen-bond donors (Lipinski definition) is 1. The van der Waals surface area contributed by atoms with Gasteiger partial charge in [-0.25, -0.2) is 0 Å². The molecule has 2 aromatic heterocycles. The Morgan fingerprint density at radius 1 is 1.19 bits per heavy atom. The van der Waals surface area contributed by atoms with Crippen LogP contribution in [0.25, 0.3) is 10.8 Å². The first-order valence-electron chi connectivity index (χ1n) is 8.85. The molecule has 1 aliphatic rings. The van der Waals surface area contributed by atoms with Crippen LogP contribution >= 0.6 is 11.3 Å². The summed E-state index contributed by atoms with van der Waals surface area (Å²) in [7, 11) is 1.71. The van der Waals surface area contributed by atoms with Gasteiger partial charge in [0.15, 0.2) is 6.04 Å². The van der Waals surface area contributed by atoms with Crippen LogP contribution in [0, 0.1) is 0 Å². The summed E-state index contributed by atoms with van der Waals surface area (Å²) in [6.45, 7) is 6.24. The summed E-state index contributed by atoms with van der Waals surface area (Å²) in [6, 6.07) is 12.5. The van der Waals surface area contributed by atoms with Crippen molar-refractivity contribution < 1.29 is 14.1 Å². The van der Waals surface area contributed by atoms with E-state index in [1.54, 1.807) is 18.4 Å². The SMILES string of the molecule is COc1cccc(N2CC[NH+]([C@@H](C)c3nnc(-c4cccs4)o3)CC2)c1. The molecule has 3 aromatic rings. The van der Waals surface area contributed by atoms with Gasteiger partial charge in [0.1, 0.15) is 5.75 Å². The quantitative estimate of drug-likeness (QED) is 0.746. The highest BCUT2D eigenvalue weighted by Gasteiger charge is 2.29. The molecule has 1 aliphatic heterocycles.